The smallest absolute Gasteiger partial charge is 0.340 e. The summed E-state index contributed by atoms with van der Waals surface area (Å²) >= 11 is 0. The number of anilines is 2. The van der Waals surface area contributed by atoms with Gasteiger partial charge in [-0.2, -0.15) is 0 Å². The molecule has 0 radical (unpaired) electrons. The Kier molecular flexibility index (Phi) is 7.73. The molecule has 1 spiro atoms. The minimum atomic E-state index is -1.03. The van der Waals surface area contributed by atoms with E-state index in [0.29, 0.717) is 5.56 Å². The Morgan fingerprint density at radius 3 is 2.35 bits per heavy atom. The second-order valence-corrected chi connectivity index (χ2v) is 11.7. The molecule has 0 aromatic heterocycles. The van der Waals surface area contributed by atoms with Crippen molar-refractivity contribution < 1.29 is 14.3 Å². The maximum Gasteiger partial charge on any atom is 0.340 e. The molecule has 1 saturated heterocycles. The minimum Gasteiger partial charge on any atom is -0.456 e. The normalized spacial score (nSPS) is 18.8. The van der Waals surface area contributed by atoms with Gasteiger partial charge < -0.3 is 19.7 Å². The largest absolute Gasteiger partial charge is 0.456 e. The monoisotopic (exact) mass is 538 g/mol. The van der Waals surface area contributed by atoms with Gasteiger partial charge in [-0.25, -0.2) is 4.79 Å². The lowest BCUT2D eigenvalue weighted by Crippen LogP contribution is -2.33. The molecule has 5 nitrogen and oxygen atoms in total. The van der Waals surface area contributed by atoms with Gasteiger partial charge in [-0.15, -0.1) is 0 Å². The van der Waals surface area contributed by atoms with Gasteiger partial charge in [0.1, 0.15) is 11.5 Å². The van der Waals surface area contributed by atoms with E-state index in [2.05, 4.69) is 54.4 Å². The lowest BCUT2D eigenvalue weighted by molar-refractivity contribution is 0.0224. The molecule has 0 bridgehead atoms. The maximum absolute atomic E-state index is 13.3. The number of benzene rings is 3. The van der Waals surface area contributed by atoms with E-state index in [1.165, 1.54) is 57.8 Å². The van der Waals surface area contributed by atoms with Crippen LogP contribution in [0.25, 0.3) is 0 Å². The predicted molar refractivity (Wildman–Crippen MR) is 162 cm³/mol. The fourth-order valence-corrected chi connectivity index (χ4v) is 6.65. The summed E-state index contributed by atoms with van der Waals surface area (Å²) in [4.78, 5) is 15.7. The zero-order valence-corrected chi connectivity index (χ0v) is 24.1. The average molecular weight is 539 g/mol. The number of nitrogens with zero attached hydrogens (tertiary/aromatic N) is 1. The van der Waals surface area contributed by atoms with E-state index >= 15 is 0 Å². The van der Waals surface area contributed by atoms with Crippen LogP contribution in [0.5, 0.6) is 11.5 Å². The topological polar surface area (TPSA) is 50.8 Å². The van der Waals surface area contributed by atoms with Crippen molar-refractivity contribution in [2.45, 2.75) is 83.7 Å². The van der Waals surface area contributed by atoms with Gasteiger partial charge in [0.15, 0.2) is 5.60 Å². The first-order valence-electron chi connectivity index (χ1n) is 15.4. The molecule has 1 fully saturated rings. The van der Waals surface area contributed by atoms with Crippen LogP contribution in [0.1, 0.15) is 104 Å². The summed E-state index contributed by atoms with van der Waals surface area (Å²) in [6.07, 6.45) is 12.8. The Bertz CT molecular complexity index is 1380. The van der Waals surface area contributed by atoms with Crippen LogP contribution in [0.3, 0.4) is 0 Å². The third-order valence-electron chi connectivity index (χ3n) is 8.86. The number of fused-ring (bicyclic) bond motifs is 6. The van der Waals surface area contributed by atoms with E-state index in [4.69, 9.17) is 9.47 Å². The number of unbranched alkanes of at least 4 members (excludes halogenated alkanes) is 7. The standard InChI is InChI=1S/C35H42N2O3/c1-3-4-5-6-7-8-9-12-19-36-31-24-30-32(22-25(31)2)39-33-23-26(37-20-13-14-21-37)17-18-29(33)35(30)28-16-11-10-15-27(28)34(38)40-35/h10-11,15-18,22-24,36H,3-9,12-14,19-21H2,1-2H3. The summed E-state index contributed by atoms with van der Waals surface area (Å²) in [7, 11) is 0. The van der Waals surface area contributed by atoms with E-state index in [-0.39, 0.29) is 5.97 Å². The van der Waals surface area contributed by atoms with Crippen molar-refractivity contribution in [3.63, 3.8) is 0 Å². The second kappa shape index (κ2) is 11.6. The number of hydrogen-bond donors (Lipinski definition) is 1. The number of ether oxygens (including phenoxy) is 2. The Balaban J connectivity index is 1.30. The minimum absolute atomic E-state index is 0.285. The summed E-state index contributed by atoms with van der Waals surface area (Å²) < 4.78 is 13.0. The highest BCUT2D eigenvalue weighted by Gasteiger charge is 2.53. The summed E-state index contributed by atoms with van der Waals surface area (Å²) in [5.74, 6) is 1.23. The molecule has 5 heteroatoms. The molecule has 1 atom stereocenters. The van der Waals surface area contributed by atoms with Gasteiger partial charge in [-0.3, -0.25) is 0 Å². The van der Waals surface area contributed by atoms with Gasteiger partial charge in [0, 0.05) is 53.8 Å². The summed E-state index contributed by atoms with van der Waals surface area (Å²) in [5.41, 5.74) is 5.62. The number of aryl methyl sites for hydroxylation is 1. The molecule has 210 valence electrons. The van der Waals surface area contributed by atoms with Crippen molar-refractivity contribution in [3.8, 4) is 11.5 Å². The van der Waals surface area contributed by atoms with E-state index in [1.807, 2.05) is 24.3 Å². The van der Waals surface area contributed by atoms with Crippen LogP contribution in [-0.2, 0) is 10.3 Å². The van der Waals surface area contributed by atoms with Gasteiger partial charge in [-0.05, 0) is 62.1 Å². The third-order valence-corrected chi connectivity index (χ3v) is 8.86. The highest BCUT2D eigenvalue weighted by molar-refractivity contribution is 5.97. The molecule has 40 heavy (non-hydrogen) atoms. The van der Waals surface area contributed by atoms with Crippen LogP contribution in [0.15, 0.2) is 54.6 Å². The van der Waals surface area contributed by atoms with Gasteiger partial charge in [0.05, 0.1) is 5.56 Å². The van der Waals surface area contributed by atoms with Crippen molar-refractivity contribution in [1.29, 1.82) is 0 Å². The zero-order valence-electron chi connectivity index (χ0n) is 24.1. The fraction of sp³-hybridized carbons (Fsp3) is 0.457. The molecular weight excluding hydrogens is 496 g/mol. The van der Waals surface area contributed by atoms with Gasteiger partial charge in [0.25, 0.3) is 0 Å². The summed E-state index contributed by atoms with van der Waals surface area (Å²) in [6, 6.07) is 18.4. The van der Waals surface area contributed by atoms with Gasteiger partial charge in [-0.1, -0.05) is 70.1 Å². The van der Waals surface area contributed by atoms with E-state index in [1.54, 1.807) is 0 Å². The summed E-state index contributed by atoms with van der Waals surface area (Å²) in [6.45, 7) is 7.43. The highest BCUT2D eigenvalue weighted by atomic mass is 16.6. The number of carbonyl (C=O) groups excluding carboxylic acids is 1. The lowest BCUT2D eigenvalue weighted by atomic mass is 9.77. The van der Waals surface area contributed by atoms with Gasteiger partial charge in [0.2, 0.25) is 0 Å². The van der Waals surface area contributed by atoms with E-state index in [9.17, 15) is 4.79 Å². The molecule has 0 aliphatic carbocycles. The number of rotatable bonds is 11. The zero-order chi connectivity index (χ0) is 27.5. The Hall–Kier alpha value is -3.47. The van der Waals surface area contributed by atoms with Crippen LogP contribution >= 0.6 is 0 Å². The first kappa shape index (κ1) is 26.7. The molecule has 0 saturated carbocycles. The lowest BCUT2D eigenvalue weighted by Gasteiger charge is -2.37. The average Bonchev–Trinajstić information content (AvgIpc) is 3.60. The van der Waals surface area contributed by atoms with Crippen molar-refractivity contribution in [2.24, 2.45) is 0 Å². The summed E-state index contributed by atoms with van der Waals surface area (Å²) in [5, 5.41) is 3.68. The molecule has 3 aliphatic rings. The Morgan fingerprint density at radius 1 is 0.825 bits per heavy atom. The van der Waals surface area contributed by atoms with Crippen molar-refractivity contribution >= 4 is 17.3 Å². The maximum atomic E-state index is 13.3. The molecule has 0 amide bonds. The van der Waals surface area contributed by atoms with Crippen molar-refractivity contribution in [2.75, 3.05) is 29.9 Å². The molecule has 3 heterocycles. The molecule has 3 aliphatic heterocycles. The van der Waals surface area contributed by atoms with Crippen LogP contribution in [0.2, 0.25) is 0 Å². The predicted octanol–water partition coefficient (Wildman–Crippen LogP) is 8.72. The Labute approximate surface area is 238 Å². The van der Waals surface area contributed by atoms with Crippen LogP contribution in [-0.4, -0.2) is 25.6 Å². The number of esters is 1. The first-order valence-corrected chi connectivity index (χ1v) is 15.4. The Morgan fingerprint density at radius 2 is 1.55 bits per heavy atom. The van der Waals surface area contributed by atoms with E-state index in [0.717, 1.165) is 71.2 Å². The first-order chi connectivity index (χ1) is 19.6. The van der Waals surface area contributed by atoms with Crippen LogP contribution in [0.4, 0.5) is 11.4 Å². The van der Waals surface area contributed by atoms with Gasteiger partial charge >= 0.3 is 5.97 Å². The highest BCUT2D eigenvalue weighted by Crippen LogP contribution is 2.57. The molecule has 1 N–H and O–H groups in total. The fourth-order valence-electron chi connectivity index (χ4n) is 6.65. The quantitative estimate of drug-likeness (QED) is 0.195. The molecular formula is C35H42N2O3. The van der Waals surface area contributed by atoms with E-state index < -0.39 is 5.60 Å². The number of hydrogen-bond acceptors (Lipinski definition) is 5. The third kappa shape index (κ3) is 4.84. The molecule has 3 aromatic rings. The van der Waals surface area contributed by atoms with Crippen molar-refractivity contribution in [1.82, 2.24) is 0 Å². The number of nitrogens with one attached hydrogen (secondary N) is 1. The molecule has 6 rings (SSSR count). The van der Waals surface area contributed by atoms with Crippen LogP contribution < -0.4 is 15.0 Å². The SMILES string of the molecule is CCCCCCCCCCNc1cc2c(cc1C)Oc1cc(N3CCCC3)ccc1C21OC(=O)c2ccccc21. The molecule has 1 unspecified atom stereocenters. The second-order valence-electron chi connectivity index (χ2n) is 11.7. The van der Waals surface area contributed by atoms with Crippen LogP contribution in [0, 0.1) is 6.92 Å². The van der Waals surface area contributed by atoms with Crippen molar-refractivity contribution in [3.05, 3.63) is 82.4 Å². The number of carbonyl (C=O) groups is 1. The molecule has 3 aromatic carbocycles.